The van der Waals surface area contributed by atoms with E-state index in [1.165, 1.54) is 11.8 Å². The Kier molecular flexibility index (Phi) is 3.41. The first-order chi connectivity index (χ1) is 9.75. The van der Waals surface area contributed by atoms with Crippen LogP contribution in [0.3, 0.4) is 0 Å². The highest BCUT2D eigenvalue weighted by molar-refractivity contribution is 5.97. The molecule has 0 radical (unpaired) electrons. The number of aromatic nitrogens is 2. The summed E-state index contributed by atoms with van der Waals surface area (Å²) >= 11 is 0. The molecule has 1 fully saturated rings. The van der Waals surface area contributed by atoms with E-state index in [1.54, 1.807) is 0 Å². The Labute approximate surface area is 117 Å². The Morgan fingerprint density at radius 1 is 1.40 bits per heavy atom. The van der Waals surface area contributed by atoms with Crippen LogP contribution in [0.15, 0.2) is 36.5 Å². The van der Waals surface area contributed by atoms with Gasteiger partial charge in [0.2, 0.25) is 0 Å². The lowest BCUT2D eigenvalue weighted by molar-refractivity contribution is 0.0731. The van der Waals surface area contributed by atoms with Crippen LogP contribution in [-0.4, -0.2) is 33.6 Å². The SMILES string of the molecule is Nc1cn[nH]c1C(=O)N1CCCC1Cc1ccccc1. The number of nitrogens with zero attached hydrogens (tertiary/aromatic N) is 2. The summed E-state index contributed by atoms with van der Waals surface area (Å²) in [7, 11) is 0. The molecule has 1 aliphatic heterocycles. The Balaban J connectivity index is 1.76. The zero-order chi connectivity index (χ0) is 13.9. The quantitative estimate of drug-likeness (QED) is 0.893. The molecule has 1 aromatic carbocycles. The largest absolute Gasteiger partial charge is 0.396 e. The predicted octanol–water partition coefficient (Wildman–Crippen LogP) is 1.84. The number of carbonyl (C=O) groups is 1. The van der Waals surface area contributed by atoms with Crippen LogP contribution >= 0.6 is 0 Å². The zero-order valence-corrected chi connectivity index (χ0v) is 11.2. The van der Waals surface area contributed by atoms with Gasteiger partial charge in [-0.3, -0.25) is 9.89 Å². The smallest absolute Gasteiger partial charge is 0.274 e. The number of carbonyl (C=O) groups excluding carboxylic acids is 1. The molecule has 0 bridgehead atoms. The topological polar surface area (TPSA) is 75.0 Å². The molecule has 1 amide bonds. The molecule has 20 heavy (non-hydrogen) atoms. The lowest BCUT2D eigenvalue weighted by Crippen LogP contribution is -2.37. The van der Waals surface area contributed by atoms with Crippen molar-refractivity contribution in [1.29, 1.82) is 0 Å². The van der Waals surface area contributed by atoms with Crippen LogP contribution in [-0.2, 0) is 6.42 Å². The molecule has 1 aromatic heterocycles. The third kappa shape index (κ3) is 2.39. The van der Waals surface area contributed by atoms with Crippen molar-refractivity contribution in [2.75, 3.05) is 12.3 Å². The van der Waals surface area contributed by atoms with E-state index >= 15 is 0 Å². The van der Waals surface area contributed by atoms with Crippen molar-refractivity contribution >= 4 is 11.6 Å². The van der Waals surface area contributed by atoms with Crippen molar-refractivity contribution in [2.24, 2.45) is 0 Å². The average molecular weight is 270 g/mol. The molecule has 2 aromatic rings. The number of nitrogens with two attached hydrogens (primary N) is 1. The van der Waals surface area contributed by atoms with E-state index in [4.69, 9.17) is 5.73 Å². The first-order valence-electron chi connectivity index (χ1n) is 6.89. The lowest BCUT2D eigenvalue weighted by Gasteiger charge is -2.24. The maximum Gasteiger partial charge on any atom is 0.274 e. The molecule has 2 heterocycles. The number of likely N-dealkylation sites (tertiary alicyclic amines) is 1. The summed E-state index contributed by atoms with van der Waals surface area (Å²) < 4.78 is 0. The fourth-order valence-corrected chi connectivity index (χ4v) is 2.81. The molecule has 0 saturated carbocycles. The molecular weight excluding hydrogens is 252 g/mol. The number of benzene rings is 1. The van der Waals surface area contributed by atoms with E-state index in [-0.39, 0.29) is 11.9 Å². The van der Waals surface area contributed by atoms with Crippen molar-refractivity contribution in [3.63, 3.8) is 0 Å². The highest BCUT2D eigenvalue weighted by Crippen LogP contribution is 2.24. The second kappa shape index (κ2) is 5.36. The number of hydrogen-bond donors (Lipinski definition) is 2. The normalized spacial score (nSPS) is 18.4. The molecule has 1 atom stereocenters. The van der Waals surface area contributed by atoms with Crippen molar-refractivity contribution in [3.8, 4) is 0 Å². The summed E-state index contributed by atoms with van der Waals surface area (Å²) in [5.74, 6) is -0.0431. The maximum absolute atomic E-state index is 12.5. The monoisotopic (exact) mass is 270 g/mol. The predicted molar refractivity (Wildman–Crippen MR) is 77.2 cm³/mol. The van der Waals surface area contributed by atoms with E-state index in [0.717, 1.165) is 25.8 Å². The molecule has 5 nitrogen and oxygen atoms in total. The molecule has 5 heteroatoms. The van der Waals surface area contributed by atoms with Crippen LogP contribution in [0, 0.1) is 0 Å². The molecular formula is C15H18N4O. The van der Waals surface area contributed by atoms with E-state index in [1.807, 2.05) is 23.1 Å². The van der Waals surface area contributed by atoms with E-state index in [0.29, 0.717) is 11.4 Å². The van der Waals surface area contributed by atoms with Gasteiger partial charge in [0.1, 0.15) is 5.69 Å². The van der Waals surface area contributed by atoms with Crippen LogP contribution in [0.2, 0.25) is 0 Å². The van der Waals surface area contributed by atoms with Crippen LogP contribution in [0.25, 0.3) is 0 Å². The van der Waals surface area contributed by atoms with Gasteiger partial charge in [-0.1, -0.05) is 30.3 Å². The summed E-state index contributed by atoms with van der Waals surface area (Å²) in [5, 5.41) is 6.53. The third-order valence-corrected chi connectivity index (χ3v) is 3.83. The summed E-state index contributed by atoms with van der Waals surface area (Å²) in [4.78, 5) is 14.4. The molecule has 104 valence electrons. The minimum Gasteiger partial charge on any atom is -0.396 e. The van der Waals surface area contributed by atoms with Gasteiger partial charge in [-0.05, 0) is 24.8 Å². The van der Waals surface area contributed by atoms with E-state index in [2.05, 4.69) is 22.3 Å². The minimum absolute atomic E-state index is 0.0431. The Morgan fingerprint density at radius 3 is 2.90 bits per heavy atom. The van der Waals surface area contributed by atoms with Gasteiger partial charge in [0, 0.05) is 12.6 Å². The number of H-pyrrole nitrogens is 1. The van der Waals surface area contributed by atoms with Crippen molar-refractivity contribution in [2.45, 2.75) is 25.3 Å². The molecule has 1 saturated heterocycles. The summed E-state index contributed by atoms with van der Waals surface area (Å²) in [5.41, 5.74) is 7.85. The fraction of sp³-hybridized carbons (Fsp3) is 0.333. The summed E-state index contributed by atoms with van der Waals surface area (Å²) in [6.07, 6.45) is 4.45. The fourth-order valence-electron chi connectivity index (χ4n) is 2.81. The number of aromatic amines is 1. The maximum atomic E-state index is 12.5. The molecule has 3 rings (SSSR count). The highest BCUT2D eigenvalue weighted by Gasteiger charge is 2.31. The van der Waals surface area contributed by atoms with E-state index in [9.17, 15) is 4.79 Å². The van der Waals surface area contributed by atoms with Gasteiger partial charge >= 0.3 is 0 Å². The molecule has 3 N–H and O–H groups in total. The standard InChI is InChI=1S/C15H18N4O/c16-13-10-17-18-14(13)15(20)19-8-4-7-12(19)9-11-5-2-1-3-6-11/h1-3,5-6,10,12H,4,7-9,16H2,(H,17,18). The summed E-state index contributed by atoms with van der Waals surface area (Å²) in [6.45, 7) is 0.787. The average Bonchev–Trinajstić information content (AvgIpc) is 3.08. The molecule has 1 unspecified atom stereocenters. The Bertz CT molecular complexity index is 593. The van der Waals surface area contributed by atoms with E-state index < -0.39 is 0 Å². The van der Waals surface area contributed by atoms with Crippen molar-refractivity contribution in [3.05, 3.63) is 47.8 Å². The zero-order valence-electron chi connectivity index (χ0n) is 11.2. The van der Waals surface area contributed by atoms with Crippen LogP contribution in [0.5, 0.6) is 0 Å². The molecule has 1 aliphatic rings. The van der Waals surface area contributed by atoms with Gasteiger partial charge in [-0.2, -0.15) is 5.10 Å². The van der Waals surface area contributed by atoms with Crippen LogP contribution in [0.1, 0.15) is 28.9 Å². The molecule has 0 spiro atoms. The van der Waals surface area contributed by atoms with Crippen LogP contribution < -0.4 is 5.73 Å². The number of hydrogen-bond acceptors (Lipinski definition) is 3. The first kappa shape index (κ1) is 12.7. The number of rotatable bonds is 3. The summed E-state index contributed by atoms with van der Waals surface area (Å²) in [6, 6.07) is 10.5. The van der Waals surface area contributed by atoms with Crippen molar-refractivity contribution in [1.82, 2.24) is 15.1 Å². The Morgan fingerprint density at radius 2 is 2.20 bits per heavy atom. The van der Waals surface area contributed by atoms with Gasteiger partial charge in [0.15, 0.2) is 0 Å². The highest BCUT2D eigenvalue weighted by atomic mass is 16.2. The van der Waals surface area contributed by atoms with Crippen LogP contribution in [0.4, 0.5) is 5.69 Å². The number of amides is 1. The Hall–Kier alpha value is -2.30. The van der Waals surface area contributed by atoms with Gasteiger partial charge in [-0.25, -0.2) is 0 Å². The molecule has 0 aliphatic carbocycles. The second-order valence-corrected chi connectivity index (χ2v) is 5.18. The minimum atomic E-state index is -0.0431. The third-order valence-electron chi connectivity index (χ3n) is 3.83. The van der Waals surface area contributed by atoms with Gasteiger partial charge < -0.3 is 10.6 Å². The lowest BCUT2D eigenvalue weighted by atomic mass is 10.0. The van der Waals surface area contributed by atoms with Crippen molar-refractivity contribution < 1.29 is 4.79 Å². The number of nitrogen functional groups attached to an aromatic ring is 1. The first-order valence-corrected chi connectivity index (χ1v) is 6.89. The van der Waals surface area contributed by atoms with Gasteiger partial charge in [0.05, 0.1) is 11.9 Å². The number of anilines is 1. The number of nitrogens with one attached hydrogen (secondary N) is 1. The van der Waals surface area contributed by atoms with Gasteiger partial charge in [-0.15, -0.1) is 0 Å². The second-order valence-electron chi connectivity index (χ2n) is 5.18. The van der Waals surface area contributed by atoms with Gasteiger partial charge in [0.25, 0.3) is 5.91 Å².